The van der Waals surface area contributed by atoms with Crippen LogP contribution in [0, 0.1) is 5.41 Å². The number of nitrogens with zero attached hydrogens (tertiary/aromatic N) is 1. The summed E-state index contributed by atoms with van der Waals surface area (Å²) in [6.07, 6.45) is 4.11. The molecule has 0 unspecified atom stereocenters. The highest BCUT2D eigenvalue weighted by Gasteiger charge is 2.48. The van der Waals surface area contributed by atoms with Crippen LogP contribution in [0.1, 0.15) is 56.8 Å². The van der Waals surface area contributed by atoms with Gasteiger partial charge in [0, 0.05) is 27.2 Å². The van der Waals surface area contributed by atoms with E-state index >= 15 is 0 Å². The van der Waals surface area contributed by atoms with E-state index in [1.54, 1.807) is 18.2 Å². The minimum absolute atomic E-state index is 0.0692. The second-order valence-electron chi connectivity index (χ2n) is 9.16. The summed E-state index contributed by atoms with van der Waals surface area (Å²) >= 11 is 12.0. The fourth-order valence-electron chi connectivity index (χ4n) is 4.26. The molecule has 1 spiro atoms. The first-order valence-electron chi connectivity index (χ1n) is 9.87. The maximum absolute atomic E-state index is 12.6. The molecule has 1 aliphatic heterocycles. The standard InChI is InChI=1S/C21H29Cl2N3O2/c1-20(2,3)25-18(27)13-26-8-6-21(7-9-26)5-4-17(21)24-19(28)14-10-15(22)12-16(23)11-14/h10-12,17H,4-9,13H2,1-3H3,(H,24,28)(H,25,27)/t17-/m1/s1. The number of carbonyl (C=O) groups is 2. The molecule has 1 aromatic carbocycles. The molecule has 0 bridgehead atoms. The molecule has 7 heteroatoms. The molecule has 1 aromatic rings. The summed E-state index contributed by atoms with van der Waals surface area (Å²) in [5.41, 5.74) is 0.436. The van der Waals surface area contributed by atoms with Gasteiger partial charge in [0.1, 0.15) is 0 Å². The Kier molecular flexibility index (Phi) is 6.28. The Bertz CT molecular complexity index is 732. The number of carbonyl (C=O) groups excluding carboxylic acids is 2. The molecule has 3 rings (SSSR count). The zero-order chi connectivity index (χ0) is 20.5. The maximum Gasteiger partial charge on any atom is 0.251 e. The number of amides is 2. The fraction of sp³-hybridized carbons (Fsp3) is 0.619. The lowest BCUT2D eigenvalue weighted by molar-refractivity contribution is -0.124. The average Bonchev–Trinajstić information content (AvgIpc) is 2.56. The van der Waals surface area contributed by atoms with Crippen molar-refractivity contribution in [3.8, 4) is 0 Å². The van der Waals surface area contributed by atoms with Crippen molar-refractivity contribution in [3.05, 3.63) is 33.8 Å². The van der Waals surface area contributed by atoms with E-state index in [9.17, 15) is 9.59 Å². The number of benzene rings is 1. The minimum Gasteiger partial charge on any atom is -0.350 e. The smallest absolute Gasteiger partial charge is 0.251 e. The lowest BCUT2D eigenvalue weighted by Crippen LogP contribution is -2.59. The quantitative estimate of drug-likeness (QED) is 0.768. The Morgan fingerprint density at radius 1 is 1.11 bits per heavy atom. The molecular formula is C21H29Cl2N3O2. The van der Waals surface area contributed by atoms with E-state index in [4.69, 9.17) is 23.2 Å². The Morgan fingerprint density at radius 2 is 1.71 bits per heavy atom. The Morgan fingerprint density at radius 3 is 2.21 bits per heavy atom. The van der Waals surface area contributed by atoms with Gasteiger partial charge >= 0.3 is 0 Å². The first-order chi connectivity index (χ1) is 13.1. The lowest BCUT2D eigenvalue weighted by Gasteiger charge is -2.54. The summed E-state index contributed by atoms with van der Waals surface area (Å²) in [6, 6.07) is 5.08. The van der Waals surface area contributed by atoms with Crippen molar-refractivity contribution < 1.29 is 9.59 Å². The van der Waals surface area contributed by atoms with Crippen LogP contribution in [0.25, 0.3) is 0 Å². The average molecular weight is 426 g/mol. The third kappa shape index (κ3) is 5.19. The molecule has 154 valence electrons. The van der Waals surface area contributed by atoms with Crippen molar-refractivity contribution in [1.82, 2.24) is 15.5 Å². The Labute approximate surface area is 177 Å². The van der Waals surface area contributed by atoms with Crippen molar-refractivity contribution >= 4 is 35.0 Å². The van der Waals surface area contributed by atoms with Crippen LogP contribution in [0.4, 0.5) is 0 Å². The van der Waals surface area contributed by atoms with Crippen LogP contribution in [0.3, 0.4) is 0 Å². The zero-order valence-electron chi connectivity index (χ0n) is 16.8. The van der Waals surface area contributed by atoms with Crippen molar-refractivity contribution in [2.24, 2.45) is 5.41 Å². The van der Waals surface area contributed by atoms with Gasteiger partial charge in [-0.2, -0.15) is 0 Å². The summed E-state index contributed by atoms with van der Waals surface area (Å²) in [5.74, 6) is -0.0554. The Balaban J connectivity index is 1.53. The molecule has 28 heavy (non-hydrogen) atoms. The van der Waals surface area contributed by atoms with Crippen LogP contribution in [-0.4, -0.2) is 47.9 Å². The normalized spacial score (nSPS) is 21.8. The van der Waals surface area contributed by atoms with Crippen molar-refractivity contribution in [1.29, 1.82) is 0 Å². The molecule has 1 saturated heterocycles. The highest BCUT2D eigenvalue weighted by molar-refractivity contribution is 6.35. The predicted octanol–water partition coefficient (Wildman–Crippen LogP) is 3.88. The van der Waals surface area contributed by atoms with Gasteiger partial charge in [-0.25, -0.2) is 0 Å². The molecule has 1 aliphatic carbocycles. The van der Waals surface area contributed by atoms with Gasteiger partial charge in [-0.05, 0) is 83.2 Å². The third-order valence-corrected chi connectivity index (χ3v) is 6.27. The fourth-order valence-corrected chi connectivity index (χ4v) is 4.79. The van der Waals surface area contributed by atoms with E-state index in [0.717, 1.165) is 38.8 Å². The van der Waals surface area contributed by atoms with Gasteiger partial charge in [0.05, 0.1) is 6.54 Å². The zero-order valence-corrected chi connectivity index (χ0v) is 18.3. The van der Waals surface area contributed by atoms with Gasteiger partial charge in [0.15, 0.2) is 0 Å². The molecule has 5 nitrogen and oxygen atoms in total. The monoisotopic (exact) mass is 425 g/mol. The van der Waals surface area contributed by atoms with E-state index in [-0.39, 0.29) is 28.8 Å². The van der Waals surface area contributed by atoms with E-state index in [1.165, 1.54) is 0 Å². The third-order valence-electron chi connectivity index (χ3n) is 5.83. The maximum atomic E-state index is 12.6. The lowest BCUT2D eigenvalue weighted by atomic mass is 9.59. The predicted molar refractivity (Wildman–Crippen MR) is 113 cm³/mol. The highest BCUT2D eigenvalue weighted by Crippen LogP contribution is 2.49. The van der Waals surface area contributed by atoms with Gasteiger partial charge in [0.2, 0.25) is 5.91 Å². The van der Waals surface area contributed by atoms with Crippen LogP contribution in [0.2, 0.25) is 10.0 Å². The number of halogens is 2. The summed E-state index contributed by atoms with van der Waals surface area (Å²) in [4.78, 5) is 27.0. The van der Waals surface area contributed by atoms with Gasteiger partial charge in [-0.15, -0.1) is 0 Å². The minimum atomic E-state index is -0.208. The largest absolute Gasteiger partial charge is 0.350 e. The van der Waals surface area contributed by atoms with Crippen molar-refractivity contribution in [2.75, 3.05) is 19.6 Å². The molecular weight excluding hydrogens is 397 g/mol. The second kappa shape index (κ2) is 8.21. The van der Waals surface area contributed by atoms with Crippen LogP contribution < -0.4 is 10.6 Å². The van der Waals surface area contributed by atoms with Crippen LogP contribution in [-0.2, 0) is 4.79 Å². The summed E-state index contributed by atoms with van der Waals surface area (Å²) < 4.78 is 0. The van der Waals surface area contributed by atoms with E-state index < -0.39 is 0 Å². The van der Waals surface area contributed by atoms with Gasteiger partial charge in [-0.3, -0.25) is 14.5 Å². The van der Waals surface area contributed by atoms with Crippen LogP contribution in [0.5, 0.6) is 0 Å². The molecule has 1 heterocycles. The highest BCUT2D eigenvalue weighted by atomic mass is 35.5. The van der Waals surface area contributed by atoms with E-state index in [2.05, 4.69) is 15.5 Å². The van der Waals surface area contributed by atoms with Gasteiger partial charge < -0.3 is 10.6 Å². The SMILES string of the molecule is CC(C)(C)NC(=O)CN1CCC2(CC[C@H]2NC(=O)c2cc(Cl)cc(Cl)c2)CC1. The Hall–Kier alpha value is -1.30. The van der Waals surface area contributed by atoms with E-state index in [1.807, 2.05) is 20.8 Å². The van der Waals surface area contributed by atoms with Gasteiger partial charge in [-0.1, -0.05) is 23.2 Å². The van der Waals surface area contributed by atoms with Crippen molar-refractivity contribution in [2.45, 2.75) is 58.0 Å². The molecule has 1 saturated carbocycles. The molecule has 2 fully saturated rings. The van der Waals surface area contributed by atoms with Crippen LogP contribution >= 0.6 is 23.2 Å². The molecule has 2 N–H and O–H groups in total. The summed E-state index contributed by atoms with van der Waals surface area (Å²) in [5, 5.41) is 7.12. The first-order valence-corrected chi connectivity index (χ1v) is 10.6. The van der Waals surface area contributed by atoms with Crippen molar-refractivity contribution in [3.63, 3.8) is 0 Å². The molecule has 2 aliphatic rings. The number of likely N-dealkylation sites (tertiary alicyclic amines) is 1. The number of rotatable bonds is 4. The molecule has 1 atom stereocenters. The van der Waals surface area contributed by atoms with Crippen LogP contribution in [0.15, 0.2) is 18.2 Å². The number of hydrogen-bond acceptors (Lipinski definition) is 3. The number of hydrogen-bond donors (Lipinski definition) is 2. The summed E-state index contributed by atoms with van der Waals surface area (Å²) in [7, 11) is 0. The number of nitrogens with one attached hydrogen (secondary N) is 2. The molecule has 0 radical (unpaired) electrons. The molecule has 2 amide bonds. The van der Waals surface area contributed by atoms with E-state index in [0.29, 0.717) is 22.2 Å². The molecule has 0 aromatic heterocycles. The van der Waals surface area contributed by atoms with Gasteiger partial charge in [0.25, 0.3) is 5.91 Å². The topological polar surface area (TPSA) is 61.4 Å². The second-order valence-corrected chi connectivity index (χ2v) is 10.0. The first kappa shape index (κ1) is 21.4. The number of piperidine rings is 1. The summed E-state index contributed by atoms with van der Waals surface area (Å²) in [6.45, 7) is 8.17.